The number of rotatable bonds is 10. The maximum Gasteiger partial charge on any atom is 0.267 e. The van der Waals surface area contributed by atoms with Gasteiger partial charge in [0.05, 0.1) is 16.6 Å². The molecule has 0 bridgehead atoms. The predicted molar refractivity (Wildman–Crippen MR) is 142 cm³/mol. The summed E-state index contributed by atoms with van der Waals surface area (Å²) in [5, 5.41) is 13.7. The number of aliphatic hydroxyl groups is 1. The van der Waals surface area contributed by atoms with Crippen LogP contribution in [-0.4, -0.2) is 55.9 Å². The minimum atomic E-state index is -0.802. The molecule has 0 spiro atoms. The molecule has 35 heavy (non-hydrogen) atoms. The van der Waals surface area contributed by atoms with Gasteiger partial charge >= 0.3 is 0 Å². The van der Waals surface area contributed by atoms with Crippen LogP contribution in [0.2, 0.25) is 0 Å². The molecule has 4 rings (SSSR count). The fourth-order valence-corrected chi connectivity index (χ4v) is 4.94. The minimum Gasteiger partial charge on any atom is -0.387 e. The van der Waals surface area contributed by atoms with Gasteiger partial charge in [0.1, 0.15) is 15.8 Å². The van der Waals surface area contributed by atoms with Crippen LogP contribution in [0.5, 0.6) is 0 Å². The normalized spacial score (nSPS) is 15.8. The molecule has 1 aliphatic heterocycles. The smallest absolute Gasteiger partial charge is 0.267 e. The third kappa shape index (κ3) is 5.79. The van der Waals surface area contributed by atoms with E-state index in [-0.39, 0.29) is 29.4 Å². The molecule has 182 valence electrons. The van der Waals surface area contributed by atoms with Crippen LogP contribution in [0.15, 0.2) is 64.4 Å². The van der Waals surface area contributed by atoms with E-state index in [9.17, 15) is 14.7 Å². The highest BCUT2D eigenvalue weighted by Gasteiger charge is 2.32. The first kappa shape index (κ1) is 25.1. The summed E-state index contributed by atoms with van der Waals surface area (Å²) in [4.78, 5) is 32.9. The number of benzene rings is 1. The van der Waals surface area contributed by atoms with Crippen LogP contribution in [0.25, 0.3) is 11.7 Å². The van der Waals surface area contributed by atoms with Crippen molar-refractivity contribution in [3.63, 3.8) is 0 Å². The predicted octanol–water partition coefficient (Wildman–Crippen LogP) is 3.47. The van der Waals surface area contributed by atoms with Crippen molar-refractivity contribution in [1.82, 2.24) is 14.3 Å². The number of aromatic nitrogens is 2. The van der Waals surface area contributed by atoms with E-state index in [1.54, 1.807) is 24.4 Å². The lowest BCUT2D eigenvalue weighted by atomic mass is 10.1. The number of thiocarbonyl (C=S) groups is 1. The second-order valence-electron chi connectivity index (χ2n) is 7.80. The van der Waals surface area contributed by atoms with E-state index in [0.29, 0.717) is 41.1 Å². The Labute approximate surface area is 212 Å². The number of nitrogens with zero attached hydrogens (tertiary/aromatic N) is 3. The lowest BCUT2D eigenvalue weighted by molar-refractivity contribution is -0.122. The molecular formula is C25H26N4O4S2. The van der Waals surface area contributed by atoms with Crippen LogP contribution >= 0.6 is 24.0 Å². The van der Waals surface area contributed by atoms with Gasteiger partial charge in [-0.05, 0) is 37.1 Å². The topological polar surface area (TPSA) is 96.2 Å². The van der Waals surface area contributed by atoms with Gasteiger partial charge in [-0.25, -0.2) is 4.98 Å². The molecule has 0 aliphatic carbocycles. The first-order valence-electron chi connectivity index (χ1n) is 11.3. The van der Waals surface area contributed by atoms with Gasteiger partial charge in [0.15, 0.2) is 0 Å². The summed E-state index contributed by atoms with van der Waals surface area (Å²) < 4.78 is 7.22. The molecule has 1 aromatic carbocycles. The summed E-state index contributed by atoms with van der Waals surface area (Å²) >= 11 is 6.57. The summed E-state index contributed by atoms with van der Waals surface area (Å²) in [6.07, 6.45) is 3.03. The molecular weight excluding hydrogens is 484 g/mol. The van der Waals surface area contributed by atoms with Crippen LogP contribution in [0, 0.1) is 0 Å². The van der Waals surface area contributed by atoms with Gasteiger partial charge in [0.25, 0.3) is 11.5 Å². The van der Waals surface area contributed by atoms with Gasteiger partial charge in [0, 0.05) is 32.5 Å². The Morgan fingerprint density at radius 1 is 1.20 bits per heavy atom. The highest BCUT2D eigenvalue weighted by molar-refractivity contribution is 8.26. The third-order valence-corrected chi connectivity index (χ3v) is 6.82. The molecule has 8 nitrogen and oxygen atoms in total. The van der Waals surface area contributed by atoms with Gasteiger partial charge in [-0.1, -0.05) is 60.4 Å². The van der Waals surface area contributed by atoms with Crippen molar-refractivity contribution in [2.24, 2.45) is 0 Å². The summed E-state index contributed by atoms with van der Waals surface area (Å²) in [5.74, 6) is 0.0436. The molecule has 3 aromatic rings. The lowest BCUT2D eigenvalue weighted by Crippen LogP contribution is -2.29. The van der Waals surface area contributed by atoms with Crippen LogP contribution in [0.4, 0.5) is 5.82 Å². The van der Waals surface area contributed by atoms with Crippen molar-refractivity contribution in [2.45, 2.75) is 19.4 Å². The Morgan fingerprint density at radius 2 is 1.97 bits per heavy atom. The van der Waals surface area contributed by atoms with Gasteiger partial charge in [-0.15, -0.1) is 0 Å². The van der Waals surface area contributed by atoms with Crippen molar-refractivity contribution in [3.05, 3.63) is 81.1 Å². The maximum atomic E-state index is 13.4. The molecule has 1 saturated heterocycles. The molecule has 1 fully saturated rings. The molecule has 10 heteroatoms. The van der Waals surface area contributed by atoms with Gasteiger partial charge in [0.2, 0.25) is 0 Å². The number of carbonyl (C=O) groups is 1. The number of aliphatic hydroxyl groups excluding tert-OH is 1. The van der Waals surface area contributed by atoms with E-state index < -0.39 is 6.10 Å². The van der Waals surface area contributed by atoms with E-state index in [0.717, 1.165) is 17.3 Å². The maximum absolute atomic E-state index is 13.4. The zero-order valence-corrected chi connectivity index (χ0v) is 20.8. The molecule has 1 amide bonds. The van der Waals surface area contributed by atoms with Crippen LogP contribution in [0.3, 0.4) is 0 Å². The Hall–Kier alpha value is -3.05. The minimum absolute atomic E-state index is 0.138. The average molecular weight is 511 g/mol. The first-order chi connectivity index (χ1) is 17.0. The second-order valence-corrected chi connectivity index (χ2v) is 9.48. The number of amides is 1. The van der Waals surface area contributed by atoms with E-state index in [4.69, 9.17) is 17.0 Å². The summed E-state index contributed by atoms with van der Waals surface area (Å²) in [5.41, 5.74) is 1.10. The quantitative estimate of drug-likeness (QED) is 0.243. The summed E-state index contributed by atoms with van der Waals surface area (Å²) in [6.45, 7) is 3.67. The molecule has 3 heterocycles. The Bertz CT molecular complexity index is 1310. The Balaban J connectivity index is 1.64. The fraction of sp³-hybridized carbons (Fsp3) is 0.280. The number of hydrogen-bond donors (Lipinski definition) is 2. The number of nitrogens with one attached hydrogen (secondary N) is 1. The number of fused-ring (bicyclic) bond motifs is 1. The molecule has 0 radical (unpaired) electrons. The average Bonchev–Trinajstić information content (AvgIpc) is 3.14. The van der Waals surface area contributed by atoms with Crippen LogP contribution < -0.4 is 10.9 Å². The molecule has 1 aliphatic rings. The number of pyridine rings is 1. The highest BCUT2D eigenvalue weighted by atomic mass is 32.2. The summed E-state index contributed by atoms with van der Waals surface area (Å²) in [7, 11) is 0. The molecule has 2 aromatic heterocycles. The summed E-state index contributed by atoms with van der Waals surface area (Å²) in [6, 6.07) is 14.5. The molecule has 0 saturated carbocycles. The second kappa shape index (κ2) is 11.6. The Morgan fingerprint density at radius 3 is 2.74 bits per heavy atom. The molecule has 1 unspecified atom stereocenters. The van der Waals surface area contributed by atoms with Crippen molar-refractivity contribution >= 4 is 51.7 Å². The van der Waals surface area contributed by atoms with E-state index in [1.807, 2.05) is 37.3 Å². The van der Waals surface area contributed by atoms with E-state index in [1.165, 1.54) is 15.4 Å². The number of anilines is 1. The van der Waals surface area contributed by atoms with Gasteiger partial charge in [-0.2, -0.15) is 0 Å². The monoisotopic (exact) mass is 510 g/mol. The van der Waals surface area contributed by atoms with Crippen LogP contribution in [-0.2, 0) is 9.53 Å². The number of hydrogen-bond acceptors (Lipinski definition) is 8. The lowest BCUT2D eigenvalue weighted by Gasteiger charge is -2.15. The SMILES string of the molecule is CCOCCCN1C(=O)/C(=C/c2c(NCC(O)c3ccccc3)nc3ccccn3c2=O)SC1=S. The number of thioether (sulfide) groups is 1. The highest BCUT2D eigenvalue weighted by Crippen LogP contribution is 2.33. The van der Waals surface area contributed by atoms with Crippen molar-refractivity contribution < 1.29 is 14.6 Å². The van der Waals surface area contributed by atoms with Gasteiger partial charge in [-0.3, -0.25) is 18.9 Å². The third-order valence-electron chi connectivity index (χ3n) is 5.44. The number of carbonyl (C=O) groups excluding carboxylic acids is 1. The van der Waals surface area contributed by atoms with Crippen molar-refractivity contribution in [1.29, 1.82) is 0 Å². The molecule has 2 N–H and O–H groups in total. The largest absolute Gasteiger partial charge is 0.387 e. The first-order valence-corrected chi connectivity index (χ1v) is 12.5. The number of ether oxygens (including phenoxy) is 1. The Kier molecular flexibility index (Phi) is 8.29. The fourth-order valence-electron chi connectivity index (χ4n) is 3.65. The van der Waals surface area contributed by atoms with E-state index in [2.05, 4.69) is 10.3 Å². The van der Waals surface area contributed by atoms with Gasteiger partial charge < -0.3 is 15.2 Å². The van der Waals surface area contributed by atoms with Crippen molar-refractivity contribution in [2.75, 3.05) is 31.6 Å². The standard InChI is InChI=1S/C25H26N4O4S2/c1-2-33-14-8-13-29-24(32)20(35-25(29)34)15-18-22(26-16-19(30)17-9-4-3-5-10-17)27-21-11-6-7-12-28(21)23(18)31/h3-7,9-12,15,19,26,30H,2,8,13-14,16H2,1H3/b20-15-. The van der Waals surface area contributed by atoms with Crippen LogP contribution in [0.1, 0.15) is 30.6 Å². The zero-order chi connectivity index (χ0) is 24.8. The molecule has 1 atom stereocenters. The van der Waals surface area contributed by atoms with E-state index >= 15 is 0 Å². The zero-order valence-electron chi connectivity index (χ0n) is 19.2. The van der Waals surface area contributed by atoms with Crippen molar-refractivity contribution in [3.8, 4) is 0 Å².